The largest absolute Gasteiger partial charge is 0.448 e. The smallest absolute Gasteiger partial charge is 0.199 e. The monoisotopic (exact) mass is 264 g/mol. The highest BCUT2D eigenvalue weighted by atomic mass is 32.1. The summed E-state index contributed by atoms with van der Waals surface area (Å²) >= 11 is 1.73. The lowest BCUT2D eigenvalue weighted by Crippen LogP contribution is -2.24. The van der Waals surface area contributed by atoms with Gasteiger partial charge in [-0.2, -0.15) is 0 Å². The van der Waals surface area contributed by atoms with Crippen molar-refractivity contribution in [2.45, 2.75) is 51.4 Å². The summed E-state index contributed by atoms with van der Waals surface area (Å²) in [6, 6.07) is 0. The Morgan fingerprint density at radius 2 is 1.89 bits per heavy atom. The van der Waals surface area contributed by atoms with Crippen LogP contribution in [-0.4, -0.2) is 9.97 Å². The first kappa shape index (κ1) is 13.3. The molecule has 2 rings (SSSR count). The molecular weight excluding hydrogens is 244 g/mol. The zero-order valence-corrected chi connectivity index (χ0v) is 12.3. The van der Waals surface area contributed by atoms with E-state index in [4.69, 9.17) is 4.42 Å². The van der Waals surface area contributed by atoms with Gasteiger partial charge in [0, 0.05) is 21.9 Å². The minimum Gasteiger partial charge on any atom is -0.448 e. The average molecular weight is 264 g/mol. The molecule has 0 aliphatic heterocycles. The molecule has 0 unspecified atom stereocenters. The van der Waals surface area contributed by atoms with E-state index in [0.717, 1.165) is 18.7 Å². The van der Waals surface area contributed by atoms with Crippen LogP contribution in [0.3, 0.4) is 0 Å². The standard InChI is InChI=1S/C14H20N2OS/c1-13(2,11-9-15-10-18-11)5-6-14(3,4)12-16-7-8-17-12/h7-10H,5-6H2,1-4H3. The first-order chi connectivity index (χ1) is 8.42. The highest BCUT2D eigenvalue weighted by Gasteiger charge is 2.30. The topological polar surface area (TPSA) is 38.9 Å². The molecule has 0 radical (unpaired) electrons. The quantitative estimate of drug-likeness (QED) is 0.813. The third-order valence-corrected chi connectivity index (χ3v) is 4.62. The van der Waals surface area contributed by atoms with Crippen LogP contribution in [0.5, 0.6) is 0 Å². The number of rotatable bonds is 5. The molecule has 0 aromatic carbocycles. The van der Waals surface area contributed by atoms with Gasteiger partial charge in [-0.25, -0.2) is 4.98 Å². The van der Waals surface area contributed by atoms with E-state index in [-0.39, 0.29) is 10.8 Å². The van der Waals surface area contributed by atoms with Gasteiger partial charge in [-0.15, -0.1) is 11.3 Å². The van der Waals surface area contributed by atoms with Crippen LogP contribution in [0, 0.1) is 0 Å². The van der Waals surface area contributed by atoms with Crippen LogP contribution >= 0.6 is 11.3 Å². The molecule has 0 atom stereocenters. The lowest BCUT2D eigenvalue weighted by molar-refractivity contribution is 0.312. The summed E-state index contributed by atoms with van der Waals surface area (Å²) in [5.41, 5.74) is 2.03. The van der Waals surface area contributed by atoms with E-state index >= 15 is 0 Å². The van der Waals surface area contributed by atoms with E-state index in [9.17, 15) is 0 Å². The van der Waals surface area contributed by atoms with E-state index in [1.165, 1.54) is 4.88 Å². The minimum atomic E-state index is -0.0224. The fraction of sp³-hybridized carbons (Fsp3) is 0.571. The summed E-state index contributed by atoms with van der Waals surface area (Å²) in [5.74, 6) is 0.822. The number of aromatic nitrogens is 2. The normalized spacial score (nSPS) is 12.9. The molecule has 0 N–H and O–H groups in total. The first-order valence-electron chi connectivity index (χ1n) is 6.21. The second kappa shape index (κ2) is 4.84. The highest BCUT2D eigenvalue weighted by molar-refractivity contribution is 7.09. The van der Waals surface area contributed by atoms with Crippen LogP contribution in [0.15, 0.2) is 28.6 Å². The van der Waals surface area contributed by atoms with Crippen molar-refractivity contribution in [1.82, 2.24) is 9.97 Å². The van der Waals surface area contributed by atoms with Crippen LogP contribution < -0.4 is 0 Å². The Morgan fingerprint density at radius 3 is 2.44 bits per heavy atom. The number of hydrogen-bond acceptors (Lipinski definition) is 4. The van der Waals surface area contributed by atoms with Gasteiger partial charge in [0.25, 0.3) is 0 Å². The lowest BCUT2D eigenvalue weighted by Gasteiger charge is -2.28. The molecule has 0 saturated carbocycles. The molecule has 0 aliphatic rings. The van der Waals surface area contributed by atoms with Gasteiger partial charge in [0.05, 0.1) is 11.7 Å². The van der Waals surface area contributed by atoms with Crippen molar-refractivity contribution in [3.63, 3.8) is 0 Å². The van der Waals surface area contributed by atoms with Crippen molar-refractivity contribution < 1.29 is 4.42 Å². The van der Waals surface area contributed by atoms with E-state index in [2.05, 4.69) is 37.7 Å². The van der Waals surface area contributed by atoms with Crippen molar-refractivity contribution in [3.05, 3.63) is 34.9 Å². The zero-order chi connectivity index (χ0) is 13.2. The molecule has 2 aromatic rings. The molecule has 0 aliphatic carbocycles. The number of nitrogens with zero attached hydrogens (tertiary/aromatic N) is 2. The highest BCUT2D eigenvalue weighted by Crippen LogP contribution is 2.36. The Balaban J connectivity index is 2.03. The van der Waals surface area contributed by atoms with Crippen LogP contribution in [0.4, 0.5) is 0 Å². The Labute approximate surface area is 112 Å². The second-order valence-electron chi connectivity index (χ2n) is 5.97. The van der Waals surface area contributed by atoms with Crippen molar-refractivity contribution >= 4 is 11.3 Å². The molecule has 18 heavy (non-hydrogen) atoms. The Kier molecular flexibility index (Phi) is 3.57. The average Bonchev–Trinajstić information content (AvgIpc) is 2.99. The lowest BCUT2D eigenvalue weighted by atomic mass is 9.78. The van der Waals surface area contributed by atoms with Crippen LogP contribution in [0.2, 0.25) is 0 Å². The Bertz CT molecular complexity index is 426. The minimum absolute atomic E-state index is 0.0224. The van der Waals surface area contributed by atoms with Crippen molar-refractivity contribution in [1.29, 1.82) is 0 Å². The van der Waals surface area contributed by atoms with E-state index in [0.29, 0.717) is 0 Å². The van der Waals surface area contributed by atoms with E-state index < -0.39 is 0 Å². The summed E-state index contributed by atoms with van der Waals surface area (Å²) in [6.45, 7) is 8.90. The third-order valence-electron chi connectivity index (χ3n) is 3.49. The number of thiazole rings is 1. The number of oxazole rings is 1. The van der Waals surface area contributed by atoms with Gasteiger partial charge < -0.3 is 4.42 Å². The van der Waals surface area contributed by atoms with Crippen molar-refractivity contribution in [2.75, 3.05) is 0 Å². The second-order valence-corrected chi connectivity index (χ2v) is 6.86. The van der Waals surface area contributed by atoms with Crippen molar-refractivity contribution in [2.24, 2.45) is 0 Å². The molecule has 0 amide bonds. The molecule has 0 saturated heterocycles. The van der Waals surface area contributed by atoms with E-state index in [1.54, 1.807) is 23.8 Å². The SMILES string of the molecule is CC(C)(CCC(C)(C)c1cncs1)c1ncco1. The fourth-order valence-electron chi connectivity index (χ4n) is 1.96. The van der Waals surface area contributed by atoms with Crippen LogP contribution in [0.25, 0.3) is 0 Å². The summed E-state index contributed by atoms with van der Waals surface area (Å²) < 4.78 is 5.43. The van der Waals surface area contributed by atoms with Gasteiger partial charge in [-0.05, 0) is 12.8 Å². The molecule has 0 bridgehead atoms. The van der Waals surface area contributed by atoms with Crippen LogP contribution in [-0.2, 0) is 10.8 Å². The summed E-state index contributed by atoms with van der Waals surface area (Å²) in [4.78, 5) is 9.78. The third kappa shape index (κ3) is 2.80. The van der Waals surface area contributed by atoms with Crippen LogP contribution in [0.1, 0.15) is 51.3 Å². The Morgan fingerprint density at radius 1 is 1.17 bits per heavy atom. The molecule has 98 valence electrons. The first-order valence-corrected chi connectivity index (χ1v) is 7.09. The van der Waals surface area contributed by atoms with E-state index in [1.807, 2.05) is 11.7 Å². The fourth-order valence-corrected chi connectivity index (χ4v) is 2.74. The van der Waals surface area contributed by atoms with Gasteiger partial charge >= 0.3 is 0 Å². The van der Waals surface area contributed by atoms with Gasteiger partial charge in [0.1, 0.15) is 6.26 Å². The molecule has 2 heterocycles. The maximum absolute atomic E-state index is 5.43. The summed E-state index contributed by atoms with van der Waals surface area (Å²) in [5, 5.41) is 0. The zero-order valence-electron chi connectivity index (χ0n) is 11.4. The predicted octanol–water partition coefficient (Wildman–Crippen LogP) is 4.17. The molecule has 4 heteroatoms. The van der Waals surface area contributed by atoms with Crippen molar-refractivity contribution in [3.8, 4) is 0 Å². The van der Waals surface area contributed by atoms with Gasteiger partial charge in [0.15, 0.2) is 5.89 Å². The molecule has 2 aromatic heterocycles. The summed E-state index contributed by atoms with van der Waals surface area (Å²) in [7, 11) is 0. The predicted molar refractivity (Wildman–Crippen MR) is 73.9 cm³/mol. The molecular formula is C14H20N2OS. The Hall–Kier alpha value is -1.16. The van der Waals surface area contributed by atoms with Gasteiger partial charge in [-0.1, -0.05) is 27.7 Å². The molecule has 0 fully saturated rings. The maximum Gasteiger partial charge on any atom is 0.199 e. The maximum atomic E-state index is 5.43. The van der Waals surface area contributed by atoms with Gasteiger partial charge in [-0.3, -0.25) is 4.98 Å². The summed E-state index contributed by atoms with van der Waals surface area (Å²) in [6.07, 6.45) is 7.46. The molecule has 0 spiro atoms. The number of hydrogen-bond donors (Lipinski definition) is 0. The molecule has 3 nitrogen and oxygen atoms in total. The van der Waals surface area contributed by atoms with Gasteiger partial charge in [0.2, 0.25) is 0 Å².